The van der Waals surface area contributed by atoms with Crippen LogP contribution in [0.4, 0.5) is 0 Å². The number of benzene rings is 1. The third-order valence-electron chi connectivity index (χ3n) is 8.81. The highest BCUT2D eigenvalue weighted by Gasteiger charge is 2.62. The zero-order chi connectivity index (χ0) is 18.9. The van der Waals surface area contributed by atoms with Crippen LogP contribution in [-0.4, -0.2) is 36.1 Å². The SMILES string of the molecule is CCC12CC3C(C(=O)OCC4CC4)CC1C(Cc1ccccc12)N3CC1CC1.Cl. The molecule has 0 aromatic heterocycles. The fraction of sp³-hybridized carbons (Fsp3) is 0.720. The molecule has 2 aliphatic heterocycles. The molecular weight excluding hydrogens is 382 g/mol. The molecule has 0 amide bonds. The molecule has 4 bridgehead atoms. The van der Waals surface area contributed by atoms with Crippen LogP contribution in [-0.2, 0) is 21.4 Å². The Labute approximate surface area is 181 Å². The summed E-state index contributed by atoms with van der Waals surface area (Å²) in [6.07, 6.45) is 9.82. The molecule has 2 saturated heterocycles. The van der Waals surface area contributed by atoms with Crippen molar-refractivity contribution in [3.05, 3.63) is 35.4 Å². The van der Waals surface area contributed by atoms with E-state index in [0.717, 1.165) is 18.8 Å². The number of piperidine rings is 2. The van der Waals surface area contributed by atoms with Gasteiger partial charge in [0.2, 0.25) is 0 Å². The van der Waals surface area contributed by atoms with Gasteiger partial charge in [0.25, 0.3) is 0 Å². The van der Waals surface area contributed by atoms with Crippen molar-refractivity contribution >= 4 is 18.4 Å². The molecule has 1 aromatic carbocycles. The molecule has 5 atom stereocenters. The van der Waals surface area contributed by atoms with Crippen molar-refractivity contribution in [2.24, 2.45) is 23.7 Å². The smallest absolute Gasteiger partial charge is 0.310 e. The van der Waals surface area contributed by atoms with Crippen molar-refractivity contribution < 1.29 is 9.53 Å². The summed E-state index contributed by atoms with van der Waals surface area (Å²) < 4.78 is 5.82. The highest BCUT2D eigenvalue weighted by molar-refractivity contribution is 5.85. The number of carbonyl (C=O) groups is 1. The lowest BCUT2D eigenvalue weighted by Gasteiger charge is -2.65. The highest BCUT2D eigenvalue weighted by Crippen LogP contribution is 2.60. The standard InChI is InChI=1S/C25H33NO2.ClH/c1-2-25-13-23-19(24(27)28-15-17-9-10-17)12-21(25)22(26(23)14-16-7-8-16)11-18-5-3-4-6-20(18)25;/h3-6,16-17,19,21-23H,2,7-15H2,1H3;1H. The summed E-state index contributed by atoms with van der Waals surface area (Å²) in [6.45, 7) is 4.26. The maximum absolute atomic E-state index is 13.1. The van der Waals surface area contributed by atoms with Gasteiger partial charge in [0.05, 0.1) is 12.5 Å². The molecule has 3 nitrogen and oxygen atoms in total. The van der Waals surface area contributed by atoms with Crippen LogP contribution < -0.4 is 0 Å². The monoisotopic (exact) mass is 415 g/mol. The number of esters is 1. The molecule has 1 aromatic rings. The largest absolute Gasteiger partial charge is 0.465 e. The van der Waals surface area contributed by atoms with Crippen LogP contribution in [0.3, 0.4) is 0 Å². The van der Waals surface area contributed by atoms with E-state index in [1.165, 1.54) is 45.1 Å². The number of halogens is 1. The molecule has 29 heavy (non-hydrogen) atoms. The van der Waals surface area contributed by atoms with E-state index in [-0.39, 0.29) is 29.7 Å². The van der Waals surface area contributed by atoms with Crippen LogP contribution in [0, 0.1) is 23.7 Å². The maximum atomic E-state index is 13.1. The van der Waals surface area contributed by atoms with Crippen molar-refractivity contribution in [3.8, 4) is 0 Å². The van der Waals surface area contributed by atoms with Gasteiger partial charge in [-0.1, -0.05) is 31.2 Å². The van der Waals surface area contributed by atoms with Crippen molar-refractivity contribution in [3.63, 3.8) is 0 Å². The number of carbonyl (C=O) groups excluding carboxylic acids is 1. The molecule has 6 aliphatic rings. The average Bonchev–Trinajstić information content (AvgIpc) is 3.63. The van der Waals surface area contributed by atoms with Crippen LogP contribution >= 0.6 is 12.4 Å². The van der Waals surface area contributed by atoms with E-state index in [0.29, 0.717) is 30.5 Å². The van der Waals surface area contributed by atoms with Crippen LogP contribution in [0.25, 0.3) is 0 Å². The molecule has 3 saturated carbocycles. The van der Waals surface area contributed by atoms with Crippen molar-refractivity contribution in [1.82, 2.24) is 4.90 Å². The third-order valence-corrected chi connectivity index (χ3v) is 8.81. The fourth-order valence-corrected chi connectivity index (χ4v) is 6.96. The summed E-state index contributed by atoms with van der Waals surface area (Å²) >= 11 is 0. The third kappa shape index (κ3) is 3.15. The summed E-state index contributed by atoms with van der Waals surface area (Å²) in [5.74, 6) is 2.34. The summed E-state index contributed by atoms with van der Waals surface area (Å²) in [4.78, 5) is 15.9. The predicted molar refractivity (Wildman–Crippen MR) is 116 cm³/mol. The lowest BCUT2D eigenvalue weighted by atomic mass is 9.48. The highest BCUT2D eigenvalue weighted by atomic mass is 35.5. The molecule has 0 N–H and O–H groups in total. The first-order valence-corrected chi connectivity index (χ1v) is 11.7. The second-order valence-electron chi connectivity index (χ2n) is 10.4. The Hall–Kier alpha value is -1.06. The number of hydrogen-bond acceptors (Lipinski definition) is 3. The van der Waals surface area contributed by atoms with Gasteiger partial charge in [0.15, 0.2) is 0 Å². The quantitative estimate of drug-likeness (QED) is 0.627. The summed E-state index contributed by atoms with van der Waals surface area (Å²) in [7, 11) is 0. The Bertz CT molecular complexity index is 789. The molecule has 4 heteroatoms. The zero-order valence-corrected chi connectivity index (χ0v) is 18.3. The summed E-state index contributed by atoms with van der Waals surface area (Å²) in [6, 6.07) is 10.2. The van der Waals surface area contributed by atoms with Gasteiger partial charge >= 0.3 is 5.97 Å². The lowest BCUT2D eigenvalue weighted by molar-refractivity contribution is -0.168. The number of rotatable bonds is 6. The van der Waals surface area contributed by atoms with Gasteiger partial charge in [-0.3, -0.25) is 9.69 Å². The zero-order valence-electron chi connectivity index (χ0n) is 17.5. The van der Waals surface area contributed by atoms with E-state index >= 15 is 0 Å². The second-order valence-corrected chi connectivity index (χ2v) is 10.4. The predicted octanol–water partition coefficient (Wildman–Crippen LogP) is 4.75. The van der Waals surface area contributed by atoms with Crippen molar-refractivity contribution in [2.45, 2.75) is 75.8 Å². The molecule has 4 aliphatic carbocycles. The molecule has 5 unspecified atom stereocenters. The van der Waals surface area contributed by atoms with E-state index in [4.69, 9.17) is 4.74 Å². The minimum atomic E-state index is 0. The molecule has 7 rings (SSSR count). The van der Waals surface area contributed by atoms with Crippen LogP contribution in [0.15, 0.2) is 24.3 Å². The Kier molecular flexibility index (Phi) is 4.98. The second kappa shape index (κ2) is 7.27. The molecule has 2 heterocycles. The summed E-state index contributed by atoms with van der Waals surface area (Å²) in [5, 5.41) is 0. The van der Waals surface area contributed by atoms with Gasteiger partial charge in [-0.25, -0.2) is 0 Å². The molecular formula is C25H34ClNO2. The van der Waals surface area contributed by atoms with Gasteiger partial charge in [0, 0.05) is 24.0 Å². The van der Waals surface area contributed by atoms with Crippen molar-refractivity contribution in [1.29, 1.82) is 0 Å². The van der Waals surface area contributed by atoms with Crippen LogP contribution in [0.1, 0.15) is 63.0 Å². The Morgan fingerprint density at radius 2 is 1.90 bits per heavy atom. The number of nitrogens with zero attached hydrogens (tertiary/aromatic N) is 1. The molecule has 0 spiro atoms. The first-order chi connectivity index (χ1) is 13.7. The maximum Gasteiger partial charge on any atom is 0.310 e. The Morgan fingerprint density at radius 1 is 1.14 bits per heavy atom. The first-order valence-electron chi connectivity index (χ1n) is 11.7. The normalized spacial score (nSPS) is 37.6. The number of hydrogen-bond donors (Lipinski definition) is 0. The van der Waals surface area contributed by atoms with E-state index in [1.54, 1.807) is 11.1 Å². The number of ether oxygens (including phenoxy) is 1. The summed E-state index contributed by atoms with van der Waals surface area (Å²) in [5.41, 5.74) is 3.44. The van der Waals surface area contributed by atoms with Gasteiger partial charge in [-0.05, 0) is 80.2 Å². The molecule has 5 fully saturated rings. The fourth-order valence-electron chi connectivity index (χ4n) is 6.96. The molecule has 0 radical (unpaired) electrons. The van der Waals surface area contributed by atoms with Gasteiger partial charge in [0.1, 0.15) is 0 Å². The van der Waals surface area contributed by atoms with Gasteiger partial charge < -0.3 is 4.74 Å². The first kappa shape index (κ1) is 19.9. The minimum Gasteiger partial charge on any atom is -0.465 e. The average molecular weight is 416 g/mol. The van der Waals surface area contributed by atoms with Crippen LogP contribution in [0.5, 0.6) is 0 Å². The van der Waals surface area contributed by atoms with Gasteiger partial charge in [-0.2, -0.15) is 0 Å². The lowest BCUT2D eigenvalue weighted by Crippen LogP contribution is -2.70. The van der Waals surface area contributed by atoms with E-state index in [9.17, 15) is 4.79 Å². The number of fused-ring (bicyclic) bond motifs is 2. The van der Waals surface area contributed by atoms with E-state index in [1.807, 2.05) is 0 Å². The minimum absolute atomic E-state index is 0. The van der Waals surface area contributed by atoms with Gasteiger partial charge in [-0.15, -0.1) is 12.4 Å². The topological polar surface area (TPSA) is 29.5 Å². The van der Waals surface area contributed by atoms with E-state index in [2.05, 4.69) is 36.1 Å². The van der Waals surface area contributed by atoms with Crippen LogP contribution in [0.2, 0.25) is 0 Å². The van der Waals surface area contributed by atoms with Crippen molar-refractivity contribution in [2.75, 3.05) is 13.2 Å². The van der Waals surface area contributed by atoms with E-state index < -0.39 is 0 Å². The Morgan fingerprint density at radius 3 is 2.62 bits per heavy atom. The molecule has 158 valence electrons. The Balaban J connectivity index is 0.00000181.